The molecule has 3 aromatic rings. The smallest absolute Gasteiger partial charge is 0.417 e. The van der Waals surface area contributed by atoms with Crippen molar-refractivity contribution < 1.29 is 28.7 Å². The molecule has 8 N–H and O–H groups in total. The van der Waals surface area contributed by atoms with Crippen molar-refractivity contribution in [2.24, 2.45) is 40.9 Å². The van der Waals surface area contributed by atoms with Crippen molar-refractivity contribution in [2.75, 3.05) is 51.5 Å². The first kappa shape index (κ1) is 53.9. The summed E-state index contributed by atoms with van der Waals surface area (Å²) in [6, 6.07) is 0. The Balaban J connectivity index is 0.000000238. The molecule has 4 unspecified atom stereocenters. The lowest BCUT2D eigenvalue weighted by molar-refractivity contribution is -0.127. The number of primary amides is 1. The first-order valence-electron chi connectivity index (χ1n) is 21.3. The van der Waals surface area contributed by atoms with Crippen LogP contribution in [0.3, 0.4) is 0 Å². The first-order valence-corrected chi connectivity index (χ1v) is 25.0. The average molecular weight is 943 g/mol. The molecule has 0 spiro atoms. The molecule has 18 nitrogen and oxygen atoms in total. The minimum absolute atomic E-state index is 0.122. The maximum absolute atomic E-state index is 12.0. The van der Waals surface area contributed by atoms with Crippen molar-refractivity contribution in [2.45, 2.75) is 105 Å². The molecule has 0 bridgehead atoms. The fraction of sp³-hybridized carbons (Fsp3) is 0.605. The number of nitrogens with zero attached hydrogens (tertiary/aromatic N) is 7. The lowest BCUT2D eigenvalue weighted by Gasteiger charge is -2.23. The Bertz CT molecular complexity index is 1910. The molecular weight excluding hydrogens is 877 g/mol. The second kappa shape index (κ2) is 28.5. The van der Waals surface area contributed by atoms with Gasteiger partial charge in [-0.05, 0) is 95.6 Å². The number of aromatic nitrogens is 6. The molecule has 3 saturated heterocycles. The van der Waals surface area contributed by atoms with Gasteiger partial charge in [-0.25, -0.2) is 39.6 Å². The Labute approximate surface area is 389 Å². The predicted molar refractivity (Wildman–Crippen MR) is 250 cm³/mol. The number of carbonyl (C=O) groups excluding carboxylic acids is 5. The van der Waals surface area contributed by atoms with Crippen LogP contribution in [0.5, 0.6) is 0 Å². The van der Waals surface area contributed by atoms with Crippen molar-refractivity contribution in [1.82, 2.24) is 45.4 Å². The Morgan fingerprint density at radius 3 is 1.52 bits per heavy atom. The first-order chi connectivity index (χ1) is 30.5. The molecule has 352 valence electrons. The van der Waals surface area contributed by atoms with Crippen molar-refractivity contribution in [3.05, 3.63) is 54.7 Å². The van der Waals surface area contributed by atoms with Crippen LogP contribution in [0, 0.1) is 23.7 Å². The Morgan fingerprint density at radius 1 is 0.719 bits per heavy atom. The van der Waals surface area contributed by atoms with E-state index in [9.17, 15) is 24.0 Å². The van der Waals surface area contributed by atoms with Crippen LogP contribution in [-0.4, -0.2) is 122 Å². The van der Waals surface area contributed by atoms with Crippen LogP contribution in [0.25, 0.3) is 0 Å². The Kier molecular flexibility index (Phi) is 24.0. The number of likely N-dealkylation sites (tertiary alicyclic amines) is 1. The fourth-order valence-electron chi connectivity index (χ4n) is 6.49. The fourth-order valence-corrected chi connectivity index (χ4v) is 7.44. The number of hydrogen-bond donors (Lipinski definition) is 5. The van der Waals surface area contributed by atoms with Crippen LogP contribution in [-0.2, 0) is 43.2 Å². The molecule has 4 atom stereocenters. The molecule has 3 aromatic heterocycles. The summed E-state index contributed by atoms with van der Waals surface area (Å²) in [5, 5.41) is 5.54. The van der Waals surface area contributed by atoms with Crippen molar-refractivity contribution >= 4 is 65.0 Å². The van der Waals surface area contributed by atoms with Gasteiger partial charge in [0.25, 0.3) is 0 Å². The third kappa shape index (κ3) is 21.0. The highest BCUT2D eigenvalue weighted by molar-refractivity contribution is 7.99. The summed E-state index contributed by atoms with van der Waals surface area (Å²) in [5.41, 5.74) is 15.4. The largest absolute Gasteiger partial charge is 0.443 e. The predicted octanol–water partition coefficient (Wildman–Crippen LogP) is 3.84. The molecule has 64 heavy (non-hydrogen) atoms. The molecule has 6 heterocycles. The van der Waals surface area contributed by atoms with Gasteiger partial charge in [0.05, 0.1) is 0 Å². The molecule has 0 aliphatic carbocycles. The highest BCUT2D eigenvalue weighted by atomic mass is 32.2. The topological polar surface area (TPSA) is 277 Å². The second-order valence-electron chi connectivity index (χ2n) is 16.5. The molecule has 0 saturated carbocycles. The lowest BCUT2D eigenvalue weighted by atomic mass is 9.99. The maximum Gasteiger partial charge on any atom is 0.417 e. The summed E-state index contributed by atoms with van der Waals surface area (Å²) in [7, 11) is 0. The van der Waals surface area contributed by atoms with E-state index in [0.717, 1.165) is 77.4 Å². The lowest BCUT2D eigenvalue weighted by Crippen LogP contribution is -2.37. The van der Waals surface area contributed by atoms with Crippen LogP contribution >= 0.6 is 35.3 Å². The van der Waals surface area contributed by atoms with Gasteiger partial charge in [0, 0.05) is 116 Å². The highest BCUT2D eigenvalue weighted by Crippen LogP contribution is 2.25. The van der Waals surface area contributed by atoms with Gasteiger partial charge in [-0.1, -0.05) is 0 Å². The van der Waals surface area contributed by atoms with Crippen molar-refractivity contribution in [3.63, 3.8) is 0 Å². The van der Waals surface area contributed by atoms with Crippen LogP contribution in [0.4, 0.5) is 4.79 Å². The number of ether oxygens (including phenoxy) is 1. The minimum atomic E-state index is -0.595. The number of amides is 5. The van der Waals surface area contributed by atoms with Crippen LogP contribution in [0.2, 0.25) is 0 Å². The van der Waals surface area contributed by atoms with Gasteiger partial charge in [-0.3, -0.25) is 19.2 Å². The second-order valence-corrected chi connectivity index (χ2v) is 19.2. The molecular formula is C43H66N12O6S3. The molecule has 3 fully saturated rings. The minimum Gasteiger partial charge on any atom is -0.443 e. The molecule has 6 rings (SSSR count). The highest BCUT2D eigenvalue weighted by Gasteiger charge is 2.36. The number of carbonyl (C=O) groups is 5. The monoisotopic (exact) mass is 942 g/mol. The average Bonchev–Trinajstić information content (AvgIpc) is 4.02. The van der Waals surface area contributed by atoms with Gasteiger partial charge in [0.1, 0.15) is 23.1 Å². The summed E-state index contributed by atoms with van der Waals surface area (Å²) in [5.74, 6) is 3.37. The zero-order valence-electron chi connectivity index (χ0n) is 37.9. The van der Waals surface area contributed by atoms with Crippen LogP contribution < -0.4 is 27.8 Å². The number of hydrogen-bond acceptors (Lipinski definition) is 17. The number of thioether (sulfide) groups is 3. The van der Waals surface area contributed by atoms with E-state index >= 15 is 0 Å². The molecule has 0 aromatic carbocycles. The summed E-state index contributed by atoms with van der Waals surface area (Å²) < 4.78 is 5.27. The molecule has 3 aliphatic rings. The summed E-state index contributed by atoms with van der Waals surface area (Å²) in [6.07, 6.45) is 23.2. The Hall–Kier alpha value is -4.44. The number of nitrogens with two attached hydrogens (primary N) is 3. The maximum atomic E-state index is 12.0. The van der Waals surface area contributed by atoms with E-state index in [2.05, 4.69) is 40.5 Å². The zero-order chi connectivity index (χ0) is 47.1. The molecule has 5 amide bonds. The zero-order valence-corrected chi connectivity index (χ0v) is 40.4. The van der Waals surface area contributed by atoms with E-state index in [1.54, 1.807) is 80.8 Å². The standard InChI is InChI=1S/C16H23N3O3S.C11H18N4OS.C11H15N3OS.C5H10N2O/c1-16(2,3)22-15(21)19-10-11(7-14(19)20)5-6-13-17-8-12(23-4)9-18-13;1-17-9-6-14-11(15-7-9)3-2-8(5-12)4-10(13)16;1-16-9-6-12-10(13-7-9)3-2-8-4-11(15)14-5-8;6-2-4-1-5(8)7-3-4/h8-9,11H,5-7,10H2,1-4H3;6-8H,2-5,12H2,1H3,(H2,13,16);6-8H,2-5H2,1H3,(H,14,15);4H,1-3,6H2,(H,7,8). The van der Waals surface area contributed by atoms with Crippen molar-refractivity contribution in [1.29, 1.82) is 0 Å². The van der Waals surface area contributed by atoms with E-state index < -0.39 is 11.7 Å². The van der Waals surface area contributed by atoms with E-state index in [4.69, 9.17) is 21.9 Å². The number of aryl methyl sites for hydroxylation is 3. The quantitative estimate of drug-likeness (QED) is 0.128. The van der Waals surface area contributed by atoms with Crippen LogP contribution in [0.1, 0.15) is 83.2 Å². The Morgan fingerprint density at radius 2 is 1.16 bits per heavy atom. The number of imide groups is 1. The van der Waals surface area contributed by atoms with Gasteiger partial charge in [0.15, 0.2) is 0 Å². The SMILES string of the molecule is CSc1cnc(CCC(CN)CC(N)=O)nc1.CSc1cnc(CCC2CC(=O)N(C(=O)OC(C)(C)C)C2)nc1.CSc1cnc(CCC2CNC(=O)C2)nc1.NCC1CNC(=O)C1. The molecule has 3 aliphatic heterocycles. The third-order valence-corrected chi connectivity index (χ3v) is 12.2. The van der Waals surface area contributed by atoms with E-state index in [1.807, 2.05) is 31.2 Å². The van der Waals surface area contributed by atoms with Gasteiger partial charge in [-0.15, -0.1) is 35.3 Å². The normalized spacial score (nSPS) is 18.3. The third-order valence-electron chi connectivity index (χ3n) is 10.2. The molecule has 21 heteroatoms. The van der Waals surface area contributed by atoms with Crippen LogP contribution in [0.15, 0.2) is 51.9 Å². The number of rotatable bonds is 16. The van der Waals surface area contributed by atoms with E-state index in [-0.39, 0.29) is 35.5 Å². The van der Waals surface area contributed by atoms with Gasteiger partial charge >= 0.3 is 6.09 Å². The van der Waals surface area contributed by atoms with E-state index in [1.165, 1.54) is 4.90 Å². The number of nitrogens with one attached hydrogen (secondary N) is 2. The van der Waals surface area contributed by atoms with Gasteiger partial charge < -0.3 is 32.6 Å². The summed E-state index contributed by atoms with van der Waals surface area (Å²) in [6.45, 7) is 8.45. The van der Waals surface area contributed by atoms with E-state index in [0.29, 0.717) is 63.6 Å². The van der Waals surface area contributed by atoms with Crippen molar-refractivity contribution in [3.8, 4) is 0 Å². The molecule has 0 radical (unpaired) electrons. The van der Waals surface area contributed by atoms with Gasteiger partial charge in [-0.2, -0.15) is 0 Å². The van der Waals surface area contributed by atoms with Gasteiger partial charge in [0.2, 0.25) is 23.6 Å². The summed E-state index contributed by atoms with van der Waals surface area (Å²) in [4.78, 5) is 86.3. The summed E-state index contributed by atoms with van der Waals surface area (Å²) >= 11 is 4.85.